The highest BCUT2D eigenvalue weighted by molar-refractivity contribution is 9.10. The summed E-state index contributed by atoms with van der Waals surface area (Å²) in [6.07, 6.45) is 6.06. The van der Waals surface area contributed by atoms with Crippen molar-refractivity contribution in [3.63, 3.8) is 0 Å². The maximum Gasteiger partial charge on any atom is 0.144 e. The molecule has 0 atom stereocenters. The van der Waals surface area contributed by atoms with Gasteiger partial charge in [0.2, 0.25) is 0 Å². The van der Waals surface area contributed by atoms with Crippen molar-refractivity contribution >= 4 is 21.7 Å². The largest absolute Gasteiger partial charge is 0.369 e. The first-order valence-corrected chi connectivity index (χ1v) is 6.23. The van der Waals surface area contributed by atoms with Gasteiger partial charge in [0.1, 0.15) is 11.6 Å². The predicted octanol–water partition coefficient (Wildman–Crippen LogP) is 2.66. The maximum absolute atomic E-state index is 4.46. The van der Waals surface area contributed by atoms with Crippen molar-refractivity contribution in [1.82, 2.24) is 15.0 Å². The van der Waals surface area contributed by atoms with Gasteiger partial charge in [-0.3, -0.25) is 4.98 Å². The van der Waals surface area contributed by atoms with Crippen LogP contribution < -0.4 is 5.32 Å². The average Bonchev–Trinajstić information content (AvgIpc) is 2.35. The normalized spacial score (nSPS) is 10.2. The smallest absolute Gasteiger partial charge is 0.144 e. The van der Waals surface area contributed by atoms with E-state index >= 15 is 0 Å². The van der Waals surface area contributed by atoms with Crippen molar-refractivity contribution in [2.75, 3.05) is 11.9 Å². The first-order valence-electron chi connectivity index (χ1n) is 5.43. The van der Waals surface area contributed by atoms with Gasteiger partial charge in [0.15, 0.2) is 0 Å². The summed E-state index contributed by atoms with van der Waals surface area (Å²) >= 11 is 3.42. The number of nitrogens with one attached hydrogen (secondary N) is 1. The van der Waals surface area contributed by atoms with Crippen LogP contribution in [0.5, 0.6) is 0 Å². The van der Waals surface area contributed by atoms with Crippen molar-refractivity contribution in [2.24, 2.45) is 0 Å². The molecule has 5 heteroatoms. The number of nitrogens with zero attached hydrogens (tertiary/aromatic N) is 3. The van der Waals surface area contributed by atoms with Gasteiger partial charge in [-0.1, -0.05) is 6.07 Å². The molecule has 0 spiro atoms. The standard InChI is InChI=1S/C12H13BrN4/c1-2-15-12-10(13)8-16-11(17-12)6-9-4-3-5-14-7-9/h3-5,7-8H,2,6H2,1H3,(H,15,16,17). The Morgan fingerprint density at radius 2 is 2.24 bits per heavy atom. The number of hydrogen-bond acceptors (Lipinski definition) is 4. The van der Waals surface area contributed by atoms with Crippen LogP contribution in [0.15, 0.2) is 35.2 Å². The van der Waals surface area contributed by atoms with Crippen LogP contribution in [0.4, 0.5) is 5.82 Å². The zero-order chi connectivity index (χ0) is 12.1. The molecule has 0 saturated heterocycles. The summed E-state index contributed by atoms with van der Waals surface area (Å²) in [5.74, 6) is 1.62. The molecule has 0 aromatic carbocycles. The van der Waals surface area contributed by atoms with E-state index in [0.717, 1.165) is 28.2 Å². The molecule has 0 aliphatic rings. The molecular formula is C12H13BrN4. The highest BCUT2D eigenvalue weighted by Crippen LogP contribution is 2.19. The van der Waals surface area contributed by atoms with Gasteiger partial charge in [-0.25, -0.2) is 9.97 Å². The highest BCUT2D eigenvalue weighted by atomic mass is 79.9. The predicted molar refractivity (Wildman–Crippen MR) is 70.9 cm³/mol. The number of hydrogen-bond donors (Lipinski definition) is 1. The van der Waals surface area contributed by atoms with Crippen LogP contribution in [0.25, 0.3) is 0 Å². The van der Waals surface area contributed by atoms with Gasteiger partial charge in [-0.2, -0.15) is 0 Å². The summed E-state index contributed by atoms with van der Waals surface area (Å²) in [4.78, 5) is 12.8. The van der Waals surface area contributed by atoms with E-state index in [-0.39, 0.29) is 0 Å². The van der Waals surface area contributed by atoms with Crippen LogP contribution in [0.3, 0.4) is 0 Å². The van der Waals surface area contributed by atoms with Crippen molar-refractivity contribution in [1.29, 1.82) is 0 Å². The van der Waals surface area contributed by atoms with Gasteiger partial charge in [-0.15, -0.1) is 0 Å². The molecule has 88 valence electrons. The molecule has 4 nitrogen and oxygen atoms in total. The average molecular weight is 293 g/mol. The van der Waals surface area contributed by atoms with Crippen LogP contribution in [0.1, 0.15) is 18.3 Å². The number of aromatic nitrogens is 3. The Morgan fingerprint density at radius 3 is 2.94 bits per heavy atom. The van der Waals surface area contributed by atoms with E-state index in [0.29, 0.717) is 6.42 Å². The van der Waals surface area contributed by atoms with Crippen molar-refractivity contribution < 1.29 is 0 Å². The zero-order valence-corrected chi connectivity index (χ0v) is 11.1. The molecule has 0 unspecified atom stereocenters. The molecule has 17 heavy (non-hydrogen) atoms. The first-order chi connectivity index (χ1) is 8.29. The summed E-state index contributed by atoms with van der Waals surface area (Å²) in [5, 5.41) is 3.19. The maximum atomic E-state index is 4.46. The highest BCUT2D eigenvalue weighted by Gasteiger charge is 2.04. The lowest BCUT2D eigenvalue weighted by atomic mass is 10.2. The fourth-order valence-electron chi connectivity index (χ4n) is 1.47. The molecule has 2 aromatic heterocycles. The summed E-state index contributed by atoms with van der Waals surface area (Å²) in [6, 6.07) is 3.94. The molecule has 2 rings (SSSR count). The van der Waals surface area contributed by atoms with E-state index in [1.54, 1.807) is 12.4 Å². The van der Waals surface area contributed by atoms with E-state index in [2.05, 4.69) is 36.2 Å². The Kier molecular flexibility index (Phi) is 4.03. The fourth-order valence-corrected chi connectivity index (χ4v) is 1.80. The van der Waals surface area contributed by atoms with Gasteiger partial charge >= 0.3 is 0 Å². The fraction of sp³-hybridized carbons (Fsp3) is 0.250. The molecule has 0 aliphatic carbocycles. The van der Waals surface area contributed by atoms with Gasteiger partial charge < -0.3 is 5.32 Å². The van der Waals surface area contributed by atoms with E-state index in [4.69, 9.17) is 0 Å². The molecule has 0 amide bonds. The molecule has 0 fully saturated rings. The summed E-state index contributed by atoms with van der Waals surface area (Å²) in [5.41, 5.74) is 1.11. The van der Waals surface area contributed by atoms with Gasteiger partial charge in [0, 0.05) is 31.6 Å². The third-order valence-corrected chi connectivity index (χ3v) is 2.80. The quantitative estimate of drug-likeness (QED) is 0.941. The van der Waals surface area contributed by atoms with Gasteiger partial charge in [-0.05, 0) is 34.5 Å². The van der Waals surface area contributed by atoms with Gasteiger partial charge in [0.25, 0.3) is 0 Å². The second kappa shape index (κ2) is 5.72. The van der Waals surface area contributed by atoms with Crippen molar-refractivity contribution in [2.45, 2.75) is 13.3 Å². The van der Waals surface area contributed by atoms with Crippen LogP contribution in [0, 0.1) is 0 Å². The zero-order valence-electron chi connectivity index (χ0n) is 9.52. The lowest BCUT2D eigenvalue weighted by molar-refractivity contribution is 0.950. The van der Waals surface area contributed by atoms with Crippen LogP contribution in [0.2, 0.25) is 0 Å². The molecule has 0 aliphatic heterocycles. The lowest BCUT2D eigenvalue weighted by Gasteiger charge is -2.06. The minimum absolute atomic E-state index is 0.694. The van der Waals surface area contributed by atoms with Crippen LogP contribution >= 0.6 is 15.9 Å². The number of anilines is 1. The first kappa shape index (κ1) is 12.0. The SMILES string of the molecule is CCNc1nc(Cc2cccnc2)ncc1Br. The molecule has 1 N–H and O–H groups in total. The second-order valence-corrected chi connectivity index (χ2v) is 4.41. The Hall–Kier alpha value is -1.49. The number of rotatable bonds is 4. The second-order valence-electron chi connectivity index (χ2n) is 3.55. The Balaban J connectivity index is 2.19. The van der Waals surface area contributed by atoms with E-state index in [9.17, 15) is 0 Å². The number of halogens is 1. The summed E-state index contributed by atoms with van der Waals surface area (Å²) < 4.78 is 0.884. The molecule has 0 radical (unpaired) electrons. The molecule has 0 saturated carbocycles. The van der Waals surface area contributed by atoms with Crippen molar-refractivity contribution in [3.8, 4) is 0 Å². The Labute approximate surface area is 109 Å². The molecular weight excluding hydrogens is 280 g/mol. The molecule has 0 bridgehead atoms. The number of pyridine rings is 1. The third kappa shape index (κ3) is 3.23. The molecule has 2 aromatic rings. The van der Waals surface area contributed by atoms with E-state index in [1.165, 1.54) is 0 Å². The minimum atomic E-state index is 0.694. The Bertz CT molecular complexity index is 487. The summed E-state index contributed by atoms with van der Waals surface area (Å²) in [7, 11) is 0. The Morgan fingerprint density at radius 1 is 1.35 bits per heavy atom. The monoisotopic (exact) mass is 292 g/mol. The topological polar surface area (TPSA) is 50.7 Å². The summed E-state index contributed by atoms with van der Waals surface area (Å²) in [6.45, 7) is 2.87. The van der Waals surface area contributed by atoms with Crippen LogP contribution in [-0.4, -0.2) is 21.5 Å². The van der Waals surface area contributed by atoms with Gasteiger partial charge in [0.05, 0.1) is 4.47 Å². The van der Waals surface area contributed by atoms with Crippen LogP contribution in [-0.2, 0) is 6.42 Å². The van der Waals surface area contributed by atoms with E-state index in [1.807, 2.05) is 25.3 Å². The van der Waals surface area contributed by atoms with Crippen molar-refractivity contribution in [3.05, 3.63) is 46.6 Å². The third-order valence-electron chi connectivity index (χ3n) is 2.22. The molecule has 2 heterocycles. The van der Waals surface area contributed by atoms with E-state index < -0.39 is 0 Å². The lowest BCUT2D eigenvalue weighted by Crippen LogP contribution is -2.04. The minimum Gasteiger partial charge on any atom is -0.369 e.